The molecule has 4 aromatic carbocycles. The Labute approximate surface area is 252 Å². The van der Waals surface area contributed by atoms with E-state index in [0.717, 1.165) is 26.6 Å². The Morgan fingerprint density at radius 2 is 1.36 bits per heavy atom. The molecule has 0 spiro atoms. The van der Waals surface area contributed by atoms with E-state index in [1.165, 1.54) is 24.1 Å². The fourth-order valence-corrected chi connectivity index (χ4v) is 6.12. The second-order valence-electron chi connectivity index (χ2n) is 10.1. The number of nitrogens with one attached hydrogen (secondary N) is 1. The van der Waals surface area contributed by atoms with Gasteiger partial charge in [-0.15, -0.1) is 0 Å². The minimum absolute atomic E-state index is 0.0675. The van der Waals surface area contributed by atoms with Gasteiger partial charge >= 0.3 is 0 Å². The van der Waals surface area contributed by atoms with E-state index in [2.05, 4.69) is 5.32 Å². The third-order valence-electron chi connectivity index (χ3n) is 6.99. The Balaban J connectivity index is 1.77. The molecular weight excluding hydrogens is 570 g/mol. The molecule has 42 heavy (non-hydrogen) atoms. The van der Waals surface area contributed by atoms with Crippen LogP contribution in [-0.2, 0) is 32.6 Å². The molecule has 2 amide bonds. The first kappa shape index (κ1) is 30.8. The molecule has 0 aromatic heterocycles. The van der Waals surface area contributed by atoms with Gasteiger partial charge in [-0.2, -0.15) is 0 Å². The maximum Gasteiger partial charge on any atom is 0.264 e. The second kappa shape index (κ2) is 13.7. The van der Waals surface area contributed by atoms with Crippen molar-refractivity contribution in [1.29, 1.82) is 0 Å². The van der Waals surface area contributed by atoms with E-state index < -0.39 is 28.5 Å². The van der Waals surface area contributed by atoms with Crippen LogP contribution in [0.4, 0.5) is 5.69 Å². The van der Waals surface area contributed by atoms with E-state index in [4.69, 9.17) is 11.6 Å². The summed E-state index contributed by atoms with van der Waals surface area (Å²) in [4.78, 5) is 29.1. The molecule has 0 bridgehead atoms. The Bertz CT molecular complexity index is 1610. The molecule has 4 rings (SSSR count). The fraction of sp³-hybridized carbons (Fsp3) is 0.212. The molecule has 0 aliphatic rings. The lowest BCUT2D eigenvalue weighted by Gasteiger charge is -2.33. The monoisotopic (exact) mass is 603 g/mol. The first-order valence-electron chi connectivity index (χ1n) is 13.5. The molecule has 0 heterocycles. The number of carbonyl (C=O) groups is 2. The lowest BCUT2D eigenvalue weighted by molar-refractivity contribution is -0.139. The largest absolute Gasteiger partial charge is 0.357 e. The van der Waals surface area contributed by atoms with Gasteiger partial charge in [-0.1, -0.05) is 89.5 Å². The summed E-state index contributed by atoms with van der Waals surface area (Å²) < 4.78 is 29.1. The maximum absolute atomic E-state index is 14.3. The highest BCUT2D eigenvalue weighted by Crippen LogP contribution is 2.26. The zero-order valence-electron chi connectivity index (χ0n) is 23.8. The number of hydrogen-bond acceptors (Lipinski definition) is 4. The van der Waals surface area contributed by atoms with Gasteiger partial charge in [0, 0.05) is 25.0 Å². The zero-order valence-corrected chi connectivity index (χ0v) is 25.4. The molecule has 0 fully saturated rings. The van der Waals surface area contributed by atoms with Gasteiger partial charge in [0.15, 0.2) is 0 Å². The van der Waals surface area contributed by atoms with Crippen molar-refractivity contribution in [2.24, 2.45) is 0 Å². The summed E-state index contributed by atoms with van der Waals surface area (Å²) in [5, 5.41) is 3.22. The Hall–Kier alpha value is -4.14. The van der Waals surface area contributed by atoms with Gasteiger partial charge in [-0.25, -0.2) is 8.42 Å². The molecule has 1 N–H and O–H groups in total. The number of nitrogens with zero attached hydrogens (tertiary/aromatic N) is 2. The summed E-state index contributed by atoms with van der Waals surface area (Å²) in [7, 11) is -2.61. The molecule has 0 aliphatic heterocycles. The van der Waals surface area contributed by atoms with Gasteiger partial charge < -0.3 is 10.2 Å². The first-order valence-corrected chi connectivity index (χ1v) is 15.4. The van der Waals surface area contributed by atoms with Crippen LogP contribution < -0.4 is 9.62 Å². The summed E-state index contributed by atoms with van der Waals surface area (Å²) in [6.45, 7) is 3.35. The van der Waals surface area contributed by atoms with Crippen LogP contribution in [0.2, 0.25) is 5.02 Å². The van der Waals surface area contributed by atoms with Crippen molar-refractivity contribution in [3.05, 3.63) is 130 Å². The maximum atomic E-state index is 14.3. The van der Waals surface area contributed by atoms with E-state index in [1.54, 1.807) is 60.7 Å². The number of aryl methyl sites for hydroxylation is 2. The van der Waals surface area contributed by atoms with Crippen molar-refractivity contribution in [3.63, 3.8) is 0 Å². The van der Waals surface area contributed by atoms with Gasteiger partial charge in [0.25, 0.3) is 10.0 Å². The van der Waals surface area contributed by atoms with E-state index in [1.807, 2.05) is 44.2 Å². The third-order valence-corrected chi connectivity index (χ3v) is 9.03. The third kappa shape index (κ3) is 7.57. The minimum atomic E-state index is -4.13. The number of likely N-dealkylation sites (N-methyl/N-ethyl adjacent to an activating group) is 1. The zero-order chi connectivity index (χ0) is 30.3. The van der Waals surface area contributed by atoms with Gasteiger partial charge in [0.2, 0.25) is 11.8 Å². The summed E-state index contributed by atoms with van der Waals surface area (Å²) in [6, 6.07) is 29.0. The summed E-state index contributed by atoms with van der Waals surface area (Å²) in [5.41, 5.74) is 3.82. The quantitative estimate of drug-likeness (QED) is 0.244. The molecule has 9 heteroatoms. The van der Waals surface area contributed by atoms with Crippen LogP contribution in [0.15, 0.2) is 108 Å². The van der Waals surface area contributed by atoms with Crippen molar-refractivity contribution in [2.75, 3.05) is 17.9 Å². The average Bonchev–Trinajstić information content (AvgIpc) is 2.99. The number of anilines is 1. The molecule has 0 aliphatic carbocycles. The van der Waals surface area contributed by atoms with Crippen LogP contribution >= 0.6 is 11.6 Å². The van der Waals surface area contributed by atoms with Gasteiger partial charge in [0.1, 0.15) is 12.6 Å². The molecule has 7 nitrogen and oxygen atoms in total. The molecule has 0 radical (unpaired) electrons. The number of rotatable bonds is 11. The Morgan fingerprint density at radius 3 is 1.93 bits per heavy atom. The number of sulfonamides is 1. The van der Waals surface area contributed by atoms with Gasteiger partial charge in [0.05, 0.1) is 10.6 Å². The van der Waals surface area contributed by atoms with Crippen molar-refractivity contribution >= 4 is 39.1 Å². The number of hydrogen-bond donors (Lipinski definition) is 1. The SMILES string of the molecule is CNC(=O)C(Cc1ccccc1)N(Cc1ccc(Cl)cc1)C(=O)CN(c1ccc(C)cc1)S(=O)(=O)c1ccc(C)cc1. The van der Waals surface area contributed by atoms with E-state index >= 15 is 0 Å². The number of carbonyl (C=O) groups excluding carboxylic acids is 2. The van der Waals surface area contributed by atoms with Crippen LogP contribution in [0.3, 0.4) is 0 Å². The van der Waals surface area contributed by atoms with Crippen molar-refractivity contribution in [2.45, 2.75) is 37.8 Å². The number of benzene rings is 4. The Kier molecular flexibility index (Phi) is 10.0. The molecule has 0 saturated carbocycles. The van der Waals surface area contributed by atoms with Crippen molar-refractivity contribution in [3.8, 4) is 0 Å². The lowest BCUT2D eigenvalue weighted by atomic mass is 10.0. The summed E-state index contributed by atoms with van der Waals surface area (Å²) in [6.07, 6.45) is 0.245. The molecule has 1 atom stereocenters. The fourth-order valence-electron chi connectivity index (χ4n) is 4.58. The van der Waals surface area contributed by atoms with E-state index in [0.29, 0.717) is 10.7 Å². The van der Waals surface area contributed by atoms with Crippen LogP contribution in [-0.4, -0.2) is 44.8 Å². The molecule has 218 valence electrons. The van der Waals surface area contributed by atoms with E-state index in [9.17, 15) is 18.0 Å². The number of halogens is 1. The summed E-state index contributed by atoms with van der Waals surface area (Å²) >= 11 is 6.10. The standard InChI is InChI=1S/C33H34ClN3O4S/c1-24-9-17-29(18-10-24)37(42(40,41)30-19-11-25(2)12-20-30)23-32(38)36(22-27-13-15-28(34)16-14-27)31(33(39)35-3)21-26-7-5-4-6-8-26/h4-20,31H,21-23H2,1-3H3,(H,35,39). The first-order chi connectivity index (χ1) is 20.1. The minimum Gasteiger partial charge on any atom is -0.357 e. The Morgan fingerprint density at radius 1 is 0.786 bits per heavy atom. The summed E-state index contributed by atoms with van der Waals surface area (Å²) in [5.74, 6) is -0.879. The molecular formula is C33H34ClN3O4S. The lowest BCUT2D eigenvalue weighted by Crippen LogP contribution is -2.53. The second-order valence-corrected chi connectivity index (χ2v) is 12.4. The van der Waals surface area contributed by atoms with Crippen molar-refractivity contribution < 1.29 is 18.0 Å². The normalized spacial score (nSPS) is 11.9. The smallest absolute Gasteiger partial charge is 0.264 e. The van der Waals surface area contributed by atoms with Crippen LogP contribution in [0, 0.1) is 13.8 Å². The van der Waals surface area contributed by atoms with E-state index in [-0.39, 0.29) is 23.8 Å². The van der Waals surface area contributed by atoms with Gasteiger partial charge in [-0.3, -0.25) is 13.9 Å². The highest BCUT2D eigenvalue weighted by atomic mass is 35.5. The van der Waals surface area contributed by atoms with Crippen LogP contribution in [0.25, 0.3) is 0 Å². The molecule has 0 saturated heterocycles. The topological polar surface area (TPSA) is 86.8 Å². The predicted molar refractivity (Wildman–Crippen MR) is 167 cm³/mol. The molecule has 1 unspecified atom stereocenters. The van der Waals surface area contributed by atoms with Gasteiger partial charge in [-0.05, 0) is 61.4 Å². The highest BCUT2D eigenvalue weighted by molar-refractivity contribution is 7.92. The average molecular weight is 604 g/mol. The van der Waals surface area contributed by atoms with Crippen LogP contribution in [0.5, 0.6) is 0 Å². The predicted octanol–water partition coefficient (Wildman–Crippen LogP) is 5.54. The number of amides is 2. The van der Waals surface area contributed by atoms with Crippen molar-refractivity contribution in [1.82, 2.24) is 10.2 Å². The van der Waals surface area contributed by atoms with Crippen LogP contribution in [0.1, 0.15) is 22.3 Å². The molecule has 4 aromatic rings. The highest BCUT2D eigenvalue weighted by Gasteiger charge is 2.34.